The number of hydrogen-bond acceptors (Lipinski definition) is 4. The molecular weight excluding hydrogens is 260 g/mol. The van der Waals surface area contributed by atoms with Gasteiger partial charge in [0.05, 0.1) is 11.4 Å². The molecule has 0 fully saturated rings. The number of rotatable bonds is 6. The highest BCUT2D eigenvalue weighted by atomic mass is 14.8. The highest BCUT2D eigenvalue weighted by molar-refractivity contribution is 5.77. The van der Waals surface area contributed by atoms with Crippen LogP contribution >= 0.6 is 0 Å². The van der Waals surface area contributed by atoms with Gasteiger partial charge in [0.1, 0.15) is 0 Å². The van der Waals surface area contributed by atoms with Gasteiger partial charge in [0.15, 0.2) is 0 Å². The summed E-state index contributed by atoms with van der Waals surface area (Å²) < 4.78 is 0. The SMILES string of the molecule is CC(C)(CN=Cc1ccccn1)CN=Cc1ccccn1. The van der Waals surface area contributed by atoms with E-state index in [1.54, 1.807) is 12.4 Å². The minimum absolute atomic E-state index is 0.0105. The molecule has 0 aliphatic rings. The van der Waals surface area contributed by atoms with Gasteiger partial charge in [0.2, 0.25) is 0 Å². The molecule has 0 aromatic carbocycles. The van der Waals surface area contributed by atoms with Crippen molar-refractivity contribution in [3.8, 4) is 0 Å². The quantitative estimate of drug-likeness (QED) is 0.764. The fourth-order valence-electron chi connectivity index (χ4n) is 1.73. The maximum atomic E-state index is 4.46. The van der Waals surface area contributed by atoms with E-state index < -0.39 is 0 Å². The van der Waals surface area contributed by atoms with Crippen LogP contribution in [0.1, 0.15) is 25.2 Å². The molecule has 2 aromatic rings. The van der Waals surface area contributed by atoms with E-state index in [9.17, 15) is 0 Å². The van der Waals surface area contributed by atoms with Crippen molar-refractivity contribution in [3.05, 3.63) is 60.2 Å². The molecule has 2 aromatic heterocycles. The third-order valence-corrected chi connectivity index (χ3v) is 2.86. The highest BCUT2D eigenvalue weighted by Crippen LogP contribution is 2.15. The van der Waals surface area contributed by atoms with Crippen LogP contribution in [0.5, 0.6) is 0 Å². The van der Waals surface area contributed by atoms with E-state index >= 15 is 0 Å². The first-order chi connectivity index (χ1) is 10.2. The summed E-state index contributed by atoms with van der Waals surface area (Å²) in [4.78, 5) is 17.3. The Morgan fingerprint density at radius 2 is 1.33 bits per heavy atom. The minimum Gasteiger partial charge on any atom is -0.290 e. The zero-order chi connectivity index (χ0) is 15.0. The largest absolute Gasteiger partial charge is 0.290 e. The van der Waals surface area contributed by atoms with Gasteiger partial charge in [-0.05, 0) is 24.3 Å². The van der Waals surface area contributed by atoms with E-state index in [4.69, 9.17) is 0 Å². The summed E-state index contributed by atoms with van der Waals surface area (Å²) in [6, 6.07) is 11.6. The third-order valence-electron chi connectivity index (χ3n) is 2.86. The van der Waals surface area contributed by atoms with Crippen molar-refractivity contribution in [3.63, 3.8) is 0 Å². The first-order valence-corrected chi connectivity index (χ1v) is 6.97. The lowest BCUT2D eigenvalue weighted by Crippen LogP contribution is -2.20. The van der Waals surface area contributed by atoms with Gasteiger partial charge in [-0.15, -0.1) is 0 Å². The summed E-state index contributed by atoms with van der Waals surface area (Å²) in [5, 5.41) is 0. The predicted molar refractivity (Wildman–Crippen MR) is 87.2 cm³/mol. The summed E-state index contributed by atoms with van der Waals surface area (Å²) >= 11 is 0. The van der Waals surface area contributed by atoms with Crippen LogP contribution in [-0.2, 0) is 0 Å². The summed E-state index contributed by atoms with van der Waals surface area (Å²) in [5.74, 6) is 0. The van der Waals surface area contributed by atoms with Crippen LogP contribution in [0, 0.1) is 5.41 Å². The molecule has 0 aliphatic heterocycles. The zero-order valence-electron chi connectivity index (χ0n) is 12.5. The average Bonchev–Trinajstić information content (AvgIpc) is 2.49. The van der Waals surface area contributed by atoms with Crippen LogP contribution in [0.2, 0.25) is 0 Å². The Balaban J connectivity index is 1.84. The van der Waals surface area contributed by atoms with Crippen LogP contribution in [0.15, 0.2) is 58.8 Å². The van der Waals surface area contributed by atoms with E-state index in [2.05, 4.69) is 33.8 Å². The summed E-state index contributed by atoms with van der Waals surface area (Å²) in [6.45, 7) is 5.73. The minimum atomic E-state index is 0.0105. The number of aromatic nitrogens is 2. The van der Waals surface area contributed by atoms with Crippen molar-refractivity contribution < 1.29 is 0 Å². The Bertz CT molecular complexity index is 535. The second-order valence-electron chi connectivity index (χ2n) is 5.61. The Morgan fingerprint density at radius 3 is 1.71 bits per heavy atom. The molecule has 0 saturated heterocycles. The fourth-order valence-corrected chi connectivity index (χ4v) is 1.73. The number of pyridine rings is 2. The van der Waals surface area contributed by atoms with E-state index in [0.717, 1.165) is 11.4 Å². The molecule has 0 bridgehead atoms. The van der Waals surface area contributed by atoms with Gasteiger partial charge in [0.25, 0.3) is 0 Å². The second kappa shape index (κ2) is 7.43. The van der Waals surface area contributed by atoms with E-state index in [-0.39, 0.29) is 5.41 Å². The number of nitrogens with zero attached hydrogens (tertiary/aromatic N) is 4. The lowest BCUT2D eigenvalue weighted by atomic mass is 9.94. The monoisotopic (exact) mass is 280 g/mol. The third kappa shape index (κ3) is 5.65. The van der Waals surface area contributed by atoms with Crippen molar-refractivity contribution in [2.24, 2.45) is 15.4 Å². The lowest BCUT2D eigenvalue weighted by Gasteiger charge is -2.19. The molecule has 0 saturated carbocycles. The van der Waals surface area contributed by atoms with Crippen LogP contribution < -0.4 is 0 Å². The molecule has 4 heteroatoms. The van der Waals surface area contributed by atoms with E-state index in [1.807, 2.05) is 48.8 Å². The number of aliphatic imine (C=N–C) groups is 2. The Kier molecular flexibility index (Phi) is 5.32. The molecule has 0 amide bonds. The van der Waals surface area contributed by atoms with Gasteiger partial charge < -0.3 is 0 Å². The molecule has 2 heterocycles. The van der Waals surface area contributed by atoms with E-state index in [1.165, 1.54) is 0 Å². The Morgan fingerprint density at radius 1 is 0.857 bits per heavy atom. The Hall–Kier alpha value is -2.36. The lowest BCUT2D eigenvalue weighted by molar-refractivity contribution is 0.396. The maximum absolute atomic E-state index is 4.46. The van der Waals surface area contributed by atoms with Gasteiger partial charge in [-0.25, -0.2) is 0 Å². The van der Waals surface area contributed by atoms with Crippen LogP contribution in [0.25, 0.3) is 0 Å². The molecule has 0 atom stereocenters. The van der Waals surface area contributed by atoms with Gasteiger partial charge >= 0.3 is 0 Å². The smallest absolute Gasteiger partial charge is 0.0807 e. The number of hydrogen-bond donors (Lipinski definition) is 0. The molecule has 0 spiro atoms. The first kappa shape index (κ1) is 15.0. The first-order valence-electron chi connectivity index (χ1n) is 6.97. The summed E-state index contributed by atoms with van der Waals surface area (Å²) in [5.41, 5.74) is 1.77. The van der Waals surface area contributed by atoms with Gasteiger partial charge in [-0.2, -0.15) is 0 Å². The molecule has 108 valence electrons. The predicted octanol–water partition coefficient (Wildman–Crippen LogP) is 3.04. The molecule has 0 aliphatic carbocycles. The van der Waals surface area contributed by atoms with Crippen LogP contribution in [0.3, 0.4) is 0 Å². The summed E-state index contributed by atoms with van der Waals surface area (Å²) in [6.07, 6.45) is 7.15. The molecule has 21 heavy (non-hydrogen) atoms. The van der Waals surface area contributed by atoms with Gasteiger partial charge in [0, 0.05) is 43.3 Å². The molecule has 2 rings (SSSR count). The van der Waals surface area contributed by atoms with Gasteiger partial charge in [-0.3, -0.25) is 20.0 Å². The molecule has 0 N–H and O–H groups in total. The second-order valence-corrected chi connectivity index (χ2v) is 5.61. The molecule has 4 nitrogen and oxygen atoms in total. The molecular formula is C17H20N4. The van der Waals surface area contributed by atoms with Crippen molar-refractivity contribution in [1.29, 1.82) is 0 Å². The van der Waals surface area contributed by atoms with Crippen molar-refractivity contribution in [2.45, 2.75) is 13.8 Å². The van der Waals surface area contributed by atoms with Crippen LogP contribution in [-0.4, -0.2) is 35.5 Å². The summed E-state index contributed by atoms with van der Waals surface area (Å²) in [7, 11) is 0. The van der Waals surface area contributed by atoms with Crippen molar-refractivity contribution in [1.82, 2.24) is 9.97 Å². The standard InChI is InChI=1S/C17H20N4/c1-17(2,13-18-11-15-7-3-5-9-20-15)14-19-12-16-8-4-6-10-21-16/h3-12H,13-14H2,1-2H3. The Labute approximate surface area is 125 Å². The van der Waals surface area contributed by atoms with Crippen LogP contribution in [0.4, 0.5) is 0 Å². The maximum Gasteiger partial charge on any atom is 0.0807 e. The molecule has 0 unspecified atom stereocenters. The van der Waals surface area contributed by atoms with Crippen molar-refractivity contribution in [2.75, 3.05) is 13.1 Å². The highest BCUT2D eigenvalue weighted by Gasteiger charge is 2.15. The fraction of sp³-hybridized carbons (Fsp3) is 0.294. The average molecular weight is 280 g/mol. The molecule has 0 radical (unpaired) electrons. The zero-order valence-corrected chi connectivity index (χ0v) is 12.5. The van der Waals surface area contributed by atoms with E-state index in [0.29, 0.717) is 13.1 Å². The normalized spacial score (nSPS) is 12.3. The van der Waals surface area contributed by atoms with Crippen molar-refractivity contribution >= 4 is 12.4 Å². The topological polar surface area (TPSA) is 50.5 Å². The van der Waals surface area contributed by atoms with Gasteiger partial charge in [-0.1, -0.05) is 26.0 Å².